The van der Waals surface area contributed by atoms with Crippen molar-refractivity contribution < 1.29 is 4.79 Å². The Bertz CT molecular complexity index is 453. The van der Waals surface area contributed by atoms with Gasteiger partial charge in [0.1, 0.15) is 31.4 Å². The summed E-state index contributed by atoms with van der Waals surface area (Å²) in [5.74, 6) is 0.347. The SMILES string of the molecule is Bc1c(B)c(B)c2c(c1B)CCCC2=O. The molecule has 1 aromatic carbocycles. The van der Waals surface area contributed by atoms with E-state index in [1.807, 2.05) is 0 Å². The van der Waals surface area contributed by atoms with Crippen molar-refractivity contribution >= 4 is 59.0 Å². The highest BCUT2D eigenvalue weighted by Gasteiger charge is 2.22. The molecule has 1 aliphatic carbocycles. The van der Waals surface area contributed by atoms with Gasteiger partial charge in [0, 0.05) is 12.0 Å². The fourth-order valence-electron chi connectivity index (χ4n) is 2.63. The predicted octanol–water partition coefficient (Wildman–Crippen LogP) is -4.76. The van der Waals surface area contributed by atoms with Crippen LogP contribution in [-0.4, -0.2) is 37.2 Å². The van der Waals surface area contributed by atoms with Crippen LogP contribution in [0.1, 0.15) is 28.8 Å². The van der Waals surface area contributed by atoms with E-state index in [4.69, 9.17) is 0 Å². The Kier molecular flexibility index (Phi) is 2.57. The second-order valence-electron chi connectivity index (χ2n) is 4.63. The summed E-state index contributed by atoms with van der Waals surface area (Å²) in [6.45, 7) is 0. The summed E-state index contributed by atoms with van der Waals surface area (Å²) in [4.78, 5) is 11.9. The van der Waals surface area contributed by atoms with Crippen LogP contribution in [0.3, 0.4) is 0 Å². The van der Waals surface area contributed by atoms with Gasteiger partial charge >= 0.3 is 0 Å². The lowest BCUT2D eigenvalue weighted by Crippen LogP contribution is -2.52. The predicted molar refractivity (Wildman–Crippen MR) is 76.4 cm³/mol. The molecule has 0 heterocycles. The highest BCUT2D eigenvalue weighted by Crippen LogP contribution is 2.16. The highest BCUT2D eigenvalue weighted by atomic mass is 16.1. The number of rotatable bonds is 0. The molecule has 0 spiro atoms. The van der Waals surface area contributed by atoms with Crippen molar-refractivity contribution in [1.82, 2.24) is 0 Å². The third kappa shape index (κ3) is 1.49. The van der Waals surface area contributed by atoms with Crippen molar-refractivity contribution in [3.63, 3.8) is 0 Å². The highest BCUT2D eigenvalue weighted by molar-refractivity contribution is 6.64. The molecule has 0 atom stereocenters. The van der Waals surface area contributed by atoms with E-state index in [1.54, 1.807) is 0 Å². The molecule has 0 aromatic heterocycles. The van der Waals surface area contributed by atoms with Crippen molar-refractivity contribution in [2.24, 2.45) is 0 Å². The summed E-state index contributed by atoms with van der Waals surface area (Å²) in [5, 5.41) is 0. The summed E-state index contributed by atoms with van der Waals surface area (Å²) in [7, 11) is 8.53. The lowest BCUT2D eigenvalue weighted by atomic mass is 9.61. The van der Waals surface area contributed by atoms with E-state index in [1.165, 1.54) is 27.4 Å². The molecule has 0 bridgehead atoms. The Morgan fingerprint density at radius 3 is 2.07 bits per heavy atom. The Morgan fingerprint density at radius 1 is 0.800 bits per heavy atom. The molecule has 2 rings (SSSR count). The van der Waals surface area contributed by atoms with Crippen LogP contribution in [0.5, 0.6) is 0 Å². The van der Waals surface area contributed by atoms with Crippen molar-refractivity contribution in [2.75, 3.05) is 0 Å². The Labute approximate surface area is 94.7 Å². The molecule has 1 aromatic rings. The minimum atomic E-state index is 0.347. The van der Waals surface area contributed by atoms with Crippen LogP contribution >= 0.6 is 0 Å². The maximum Gasteiger partial charge on any atom is 0.162 e. The van der Waals surface area contributed by atoms with Crippen molar-refractivity contribution in [2.45, 2.75) is 19.3 Å². The maximum atomic E-state index is 11.9. The zero-order valence-corrected chi connectivity index (χ0v) is 10.0. The van der Waals surface area contributed by atoms with Gasteiger partial charge in [-0.25, -0.2) is 0 Å². The summed E-state index contributed by atoms with van der Waals surface area (Å²) >= 11 is 0. The molecule has 1 aliphatic rings. The van der Waals surface area contributed by atoms with E-state index in [0.717, 1.165) is 24.8 Å². The van der Waals surface area contributed by atoms with E-state index >= 15 is 0 Å². The molecular formula is C10H14B4O. The summed E-state index contributed by atoms with van der Waals surface area (Å²) in [5.41, 5.74) is 7.54. The number of Topliss-reactive ketones (excluding diaryl/α,β-unsaturated/α-hetero) is 1. The second-order valence-corrected chi connectivity index (χ2v) is 4.63. The number of carbonyl (C=O) groups is 1. The van der Waals surface area contributed by atoms with Gasteiger partial charge in [0.05, 0.1) is 0 Å². The van der Waals surface area contributed by atoms with Crippen molar-refractivity contribution in [1.29, 1.82) is 0 Å². The van der Waals surface area contributed by atoms with Crippen LogP contribution in [-0.2, 0) is 6.42 Å². The Morgan fingerprint density at radius 2 is 1.40 bits per heavy atom. The second kappa shape index (κ2) is 3.62. The van der Waals surface area contributed by atoms with Crippen LogP contribution in [0.25, 0.3) is 0 Å². The van der Waals surface area contributed by atoms with Crippen LogP contribution in [0.4, 0.5) is 0 Å². The molecule has 1 nitrogen and oxygen atoms in total. The van der Waals surface area contributed by atoms with Crippen LogP contribution in [0.15, 0.2) is 0 Å². The van der Waals surface area contributed by atoms with Crippen LogP contribution < -0.4 is 21.9 Å². The first kappa shape index (κ1) is 10.7. The quantitative estimate of drug-likeness (QED) is 0.378. The molecular weight excluding hydrogens is 179 g/mol. The fraction of sp³-hybridized carbons (Fsp3) is 0.300. The minimum Gasteiger partial charge on any atom is -0.294 e. The molecule has 0 N–H and O–H groups in total. The van der Waals surface area contributed by atoms with Gasteiger partial charge in [-0.3, -0.25) is 4.79 Å². The smallest absolute Gasteiger partial charge is 0.162 e. The lowest BCUT2D eigenvalue weighted by molar-refractivity contribution is 0.0974. The number of carbonyl (C=O) groups excluding carboxylic acids is 1. The van der Waals surface area contributed by atoms with E-state index in [2.05, 4.69) is 31.4 Å². The third-order valence-corrected chi connectivity index (χ3v) is 3.93. The van der Waals surface area contributed by atoms with Gasteiger partial charge in [-0.1, -0.05) is 10.9 Å². The number of fused-ring (bicyclic) bond motifs is 1. The zero-order valence-electron chi connectivity index (χ0n) is 10.0. The molecule has 0 unspecified atom stereocenters. The monoisotopic (exact) mass is 194 g/mol. The number of ketones is 1. The van der Waals surface area contributed by atoms with Gasteiger partial charge in [-0.2, -0.15) is 0 Å². The first-order valence-electron chi connectivity index (χ1n) is 5.66. The van der Waals surface area contributed by atoms with Crippen molar-refractivity contribution in [3.8, 4) is 0 Å². The van der Waals surface area contributed by atoms with E-state index < -0.39 is 0 Å². The number of hydrogen-bond acceptors (Lipinski definition) is 1. The molecule has 0 fully saturated rings. The lowest BCUT2D eigenvalue weighted by Gasteiger charge is -2.24. The average Bonchev–Trinajstić information content (AvgIpc) is 2.23. The summed E-state index contributed by atoms with van der Waals surface area (Å²) < 4.78 is 0. The van der Waals surface area contributed by atoms with Crippen molar-refractivity contribution in [3.05, 3.63) is 11.1 Å². The Hall–Kier alpha value is -0.850. The maximum absolute atomic E-state index is 11.9. The van der Waals surface area contributed by atoms with Gasteiger partial charge in [0.2, 0.25) is 0 Å². The molecule has 0 radical (unpaired) electrons. The normalized spacial score (nSPS) is 15.1. The standard InChI is InChI=1S/C10H14B4O/c11-7-4-2-1-3-5(15)6(4)8(12)10(14)9(7)13/h1-3,11-14H2. The average molecular weight is 193 g/mol. The molecule has 0 saturated carbocycles. The molecule has 15 heavy (non-hydrogen) atoms. The van der Waals surface area contributed by atoms with Crippen LogP contribution in [0.2, 0.25) is 0 Å². The topological polar surface area (TPSA) is 17.1 Å². The van der Waals surface area contributed by atoms with E-state index in [-0.39, 0.29) is 0 Å². The molecule has 5 heteroatoms. The van der Waals surface area contributed by atoms with Gasteiger partial charge in [-0.05, 0) is 18.4 Å². The number of hydrogen-bond donors (Lipinski definition) is 0. The molecule has 0 amide bonds. The largest absolute Gasteiger partial charge is 0.294 e. The van der Waals surface area contributed by atoms with Gasteiger partial charge in [-0.15, -0.1) is 10.9 Å². The first-order valence-corrected chi connectivity index (χ1v) is 5.66. The summed E-state index contributed by atoms with van der Waals surface area (Å²) in [6, 6.07) is 0. The van der Waals surface area contributed by atoms with Gasteiger partial charge in [0.15, 0.2) is 5.78 Å². The minimum absolute atomic E-state index is 0.347. The first-order chi connectivity index (χ1) is 7.04. The Balaban J connectivity index is 2.80. The van der Waals surface area contributed by atoms with Gasteiger partial charge < -0.3 is 0 Å². The molecule has 0 aliphatic heterocycles. The number of benzene rings is 1. The third-order valence-electron chi connectivity index (χ3n) is 3.93. The van der Waals surface area contributed by atoms with E-state index in [9.17, 15) is 4.79 Å². The van der Waals surface area contributed by atoms with Crippen LogP contribution in [0, 0.1) is 0 Å². The summed E-state index contributed by atoms with van der Waals surface area (Å²) in [6.07, 6.45) is 2.83. The van der Waals surface area contributed by atoms with Gasteiger partial charge in [0.25, 0.3) is 0 Å². The molecule has 0 saturated heterocycles. The molecule has 72 valence electrons. The fourth-order valence-corrected chi connectivity index (χ4v) is 2.63. The zero-order chi connectivity index (χ0) is 11.2. The van der Waals surface area contributed by atoms with E-state index in [0.29, 0.717) is 5.78 Å².